The zero-order valence-electron chi connectivity index (χ0n) is 26.0. The van der Waals surface area contributed by atoms with Gasteiger partial charge in [-0.3, -0.25) is 14.5 Å². The third-order valence-electron chi connectivity index (χ3n) is 9.15. The number of piperazine rings is 1. The molecule has 0 radical (unpaired) electrons. The van der Waals surface area contributed by atoms with E-state index in [2.05, 4.69) is 5.32 Å². The Kier molecular flexibility index (Phi) is 8.61. The lowest BCUT2D eigenvalue weighted by atomic mass is 9.76. The van der Waals surface area contributed by atoms with Crippen LogP contribution < -0.4 is 10.7 Å². The van der Waals surface area contributed by atoms with Gasteiger partial charge in [0.2, 0.25) is 5.43 Å². The number of fused-ring (bicyclic) bond motifs is 1. The maximum absolute atomic E-state index is 15.9. The largest absolute Gasteiger partial charge is 0.465 e. The van der Waals surface area contributed by atoms with Gasteiger partial charge in [-0.15, -0.1) is 0 Å². The zero-order valence-corrected chi connectivity index (χ0v) is 26.0. The molecule has 1 saturated heterocycles. The first kappa shape index (κ1) is 32.2. The van der Waals surface area contributed by atoms with E-state index in [0.29, 0.717) is 11.1 Å². The molecule has 1 aliphatic heterocycles. The maximum Gasteiger partial charge on any atom is 0.408 e. The van der Waals surface area contributed by atoms with Gasteiger partial charge in [-0.05, 0) is 42.5 Å². The standard InChI is InChI=1S/C35H33FN4O8/c1-48-31(42)25-20-39(23-12-13-23)28-18-27(26(36)17-24(28)30(25)41)37-32(43)35(19-22-10-6-3-7-11-22)29(16-21-8-4-2-5-9-21)38(33(44)45)14-15-40(35)34(46)47/h2-11,17-18,20,23,29H,12-16,19H2,1H3,(H,37,43)(H,44,45)(H,46,47). The minimum atomic E-state index is -2.06. The predicted molar refractivity (Wildman–Crippen MR) is 173 cm³/mol. The quantitative estimate of drug-likeness (QED) is 0.229. The second-order valence-electron chi connectivity index (χ2n) is 12.0. The molecule has 2 aliphatic rings. The number of anilines is 1. The molecule has 1 aromatic heterocycles. The summed E-state index contributed by atoms with van der Waals surface area (Å²) in [4.78, 5) is 68.1. The van der Waals surface area contributed by atoms with Crippen molar-refractivity contribution in [3.05, 3.63) is 112 Å². The Labute approximate surface area is 273 Å². The number of halogens is 1. The molecule has 3 amide bonds. The van der Waals surface area contributed by atoms with Crippen LogP contribution in [0.15, 0.2) is 83.8 Å². The Hall–Kier alpha value is -5.72. The van der Waals surface area contributed by atoms with Crippen LogP contribution in [0.1, 0.15) is 40.4 Å². The molecule has 13 heteroatoms. The number of carbonyl (C=O) groups is 4. The van der Waals surface area contributed by atoms with E-state index >= 15 is 4.39 Å². The van der Waals surface area contributed by atoms with Gasteiger partial charge in [0.25, 0.3) is 5.91 Å². The first-order valence-corrected chi connectivity index (χ1v) is 15.4. The SMILES string of the molecule is COC(=O)c1cn(C2CC2)c2cc(NC(=O)C3(Cc4ccccc4)C(Cc4ccccc4)N(C(=O)O)CCN3C(=O)O)c(F)cc2c1=O. The smallest absolute Gasteiger partial charge is 0.408 e. The molecule has 2 unspecified atom stereocenters. The van der Waals surface area contributed by atoms with E-state index in [-0.39, 0.29) is 54.1 Å². The number of esters is 1. The summed E-state index contributed by atoms with van der Waals surface area (Å²) in [6.07, 6.45) is -0.163. The van der Waals surface area contributed by atoms with Gasteiger partial charge in [-0.25, -0.2) is 18.8 Å². The maximum atomic E-state index is 15.9. The number of nitrogens with one attached hydrogen (secondary N) is 1. The second kappa shape index (κ2) is 12.8. The van der Waals surface area contributed by atoms with Crippen molar-refractivity contribution in [2.75, 3.05) is 25.5 Å². The lowest BCUT2D eigenvalue weighted by Gasteiger charge is -2.53. The third kappa shape index (κ3) is 5.83. The van der Waals surface area contributed by atoms with Gasteiger partial charge in [0, 0.05) is 37.1 Å². The molecule has 6 rings (SSSR count). The van der Waals surface area contributed by atoms with Crippen LogP contribution in [0.4, 0.5) is 19.7 Å². The molecular formula is C35H33FN4O8. The number of benzene rings is 3. The van der Waals surface area contributed by atoms with Crippen molar-refractivity contribution in [3.8, 4) is 0 Å². The number of carboxylic acid groups (broad SMARTS) is 2. The van der Waals surface area contributed by atoms with Crippen molar-refractivity contribution < 1.29 is 38.5 Å². The number of rotatable bonds is 8. The summed E-state index contributed by atoms with van der Waals surface area (Å²) in [5.74, 6) is -2.81. The van der Waals surface area contributed by atoms with Gasteiger partial charge in [0.1, 0.15) is 16.9 Å². The number of nitrogens with zero attached hydrogens (tertiary/aromatic N) is 3. The number of aromatic nitrogens is 1. The molecule has 4 aromatic rings. The Morgan fingerprint density at radius 2 is 1.58 bits per heavy atom. The van der Waals surface area contributed by atoms with Crippen LogP contribution in [-0.2, 0) is 22.4 Å². The van der Waals surface area contributed by atoms with Crippen LogP contribution in [0.2, 0.25) is 0 Å². The van der Waals surface area contributed by atoms with Crippen LogP contribution >= 0.6 is 0 Å². The lowest BCUT2D eigenvalue weighted by molar-refractivity contribution is -0.135. The van der Waals surface area contributed by atoms with Crippen molar-refractivity contribution >= 4 is 40.7 Å². The number of carbonyl (C=O) groups excluding carboxylic acids is 2. The van der Waals surface area contributed by atoms with Gasteiger partial charge in [0.15, 0.2) is 0 Å². The fourth-order valence-electron chi connectivity index (χ4n) is 6.69. The summed E-state index contributed by atoms with van der Waals surface area (Å²) in [5.41, 5.74) is -1.92. The molecule has 2 atom stereocenters. The highest BCUT2D eigenvalue weighted by Crippen LogP contribution is 2.39. The zero-order chi connectivity index (χ0) is 34.2. The van der Waals surface area contributed by atoms with Crippen molar-refractivity contribution in [1.29, 1.82) is 0 Å². The van der Waals surface area contributed by atoms with Crippen LogP contribution in [0, 0.1) is 5.82 Å². The minimum absolute atomic E-state index is 0.0189. The molecule has 0 bridgehead atoms. The number of amides is 3. The Balaban J connectivity index is 1.53. The summed E-state index contributed by atoms with van der Waals surface area (Å²) in [6.45, 7) is -0.506. The molecular weight excluding hydrogens is 623 g/mol. The van der Waals surface area contributed by atoms with E-state index < -0.39 is 46.9 Å². The second-order valence-corrected chi connectivity index (χ2v) is 12.0. The number of pyridine rings is 1. The van der Waals surface area contributed by atoms with Crippen molar-refractivity contribution in [2.45, 2.75) is 43.3 Å². The molecule has 3 aromatic carbocycles. The normalized spacial score (nSPS) is 19.2. The summed E-state index contributed by atoms with van der Waals surface area (Å²) >= 11 is 0. The molecule has 12 nitrogen and oxygen atoms in total. The van der Waals surface area contributed by atoms with E-state index in [9.17, 15) is 34.2 Å². The first-order valence-electron chi connectivity index (χ1n) is 15.4. The highest BCUT2D eigenvalue weighted by Gasteiger charge is 2.58. The van der Waals surface area contributed by atoms with E-state index in [0.717, 1.165) is 35.8 Å². The molecule has 1 aliphatic carbocycles. The lowest BCUT2D eigenvalue weighted by Crippen LogP contribution is -2.75. The summed E-state index contributed by atoms with van der Waals surface area (Å²) in [7, 11) is 1.14. The number of ether oxygens (including phenoxy) is 1. The van der Waals surface area contributed by atoms with Crippen LogP contribution in [-0.4, -0.2) is 80.4 Å². The number of methoxy groups -OCH3 is 1. The first-order chi connectivity index (χ1) is 23.0. The summed E-state index contributed by atoms with van der Waals surface area (Å²) < 4.78 is 22.4. The monoisotopic (exact) mass is 656 g/mol. The van der Waals surface area contributed by atoms with E-state index in [1.54, 1.807) is 65.2 Å². The van der Waals surface area contributed by atoms with Gasteiger partial charge in [-0.2, -0.15) is 0 Å². The molecule has 2 fully saturated rings. The van der Waals surface area contributed by atoms with Crippen LogP contribution in [0.5, 0.6) is 0 Å². The molecule has 0 spiro atoms. The molecule has 1 saturated carbocycles. The minimum Gasteiger partial charge on any atom is -0.465 e. The third-order valence-corrected chi connectivity index (χ3v) is 9.15. The van der Waals surface area contributed by atoms with Crippen LogP contribution in [0.3, 0.4) is 0 Å². The van der Waals surface area contributed by atoms with Crippen molar-refractivity contribution in [3.63, 3.8) is 0 Å². The Morgan fingerprint density at radius 3 is 2.17 bits per heavy atom. The molecule has 2 heterocycles. The van der Waals surface area contributed by atoms with Gasteiger partial charge >= 0.3 is 18.2 Å². The van der Waals surface area contributed by atoms with E-state index in [1.807, 2.05) is 0 Å². The summed E-state index contributed by atoms with van der Waals surface area (Å²) in [6, 6.07) is 18.3. The Bertz CT molecular complexity index is 1960. The topological polar surface area (TPSA) is 158 Å². The van der Waals surface area contributed by atoms with Gasteiger partial charge < -0.3 is 29.7 Å². The molecule has 248 valence electrons. The number of hydrogen-bond donors (Lipinski definition) is 3. The molecule has 3 N–H and O–H groups in total. The van der Waals surface area contributed by atoms with Crippen molar-refractivity contribution in [2.24, 2.45) is 0 Å². The van der Waals surface area contributed by atoms with Crippen LogP contribution in [0.25, 0.3) is 10.9 Å². The van der Waals surface area contributed by atoms with E-state index in [1.165, 1.54) is 12.3 Å². The highest BCUT2D eigenvalue weighted by atomic mass is 19.1. The van der Waals surface area contributed by atoms with Gasteiger partial charge in [0.05, 0.1) is 24.4 Å². The Morgan fingerprint density at radius 1 is 0.938 bits per heavy atom. The average molecular weight is 657 g/mol. The average Bonchev–Trinajstić information content (AvgIpc) is 3.92. The highest BCUT2D eigenvalue weighted by molar-refractivity contribution is 6.03. The predicted octanol–water partition coefficient (Wildman–Crippen LogP) is 4.77. The summed E-state index contributed by atoms with van der Waals surface area (Å²) in [5, 5.41) is 23.4. The fourth-order valence-corrected chi connectivity index (χ4v) is 6.69. The molecule has 48 heavy (non-hydrogen) atoms. The van der Waals surface area contributed by atoms with Crippen molar-refractivity contribution in [1.82, 2.24) is 14.4 Å². The van der Waals surface area contributed by atoms with E-state index in [4.69, 9.17) is 4.74 Å². The number of hydrogen-bond acceptors (Lipinski definition) is 6. The fraction of sp³-hybridized carbons (Fsp3) is 0.286. The van der Waals surface area contributed by atoms with Gasteiger partial charge in [-0.1, -0.05) is 60.7 Å².